The highest BCUT2D eigenvalue weighted by Crippen LogP contribution is 2.24. The standard InChI is InChI=1S/C14H22N4/c1-10(2)5-3-4-6-16-14-8-13-11(7-12(14)15)9-17-18-13/h7-10,16H,3-6,15H2,1-2H3,(H,17,18). The number of anilines is 2. The number of unbranched alkanes of at least 4 members (excludes halogenated alkanes) is 1. The van der Waals surface area contributed by atoms with E-state index in [9.17, 15) is 0 Å². The minimum Gasteiger partial charge on any atom is -0.397 e. The summed E-state index contributed by atoms with van der Waals surface area (Å²) in [4.78, 5) is 0. The Balaban J connectivity index is 1.88. The van der Waals surface area contributed by atoms with Gasteiger partial charge in [0.15, 0.2) is 0 Å². The van der Waals surface area contributed by atoms with Crippen molar-refractivity contribution in [3.8, 4) is 0 Å². The average molecular weight is 246 g/mol. The Kier molecular flexibility index (Phi) is 4.07. The predicted molar refractivity (Wildman–Crippen MR) is 77.7 cm³/mol. The third-order valence-electron chi connectivity index (χ3n) is 3.13. The molecular weight excluding hydrogens is 224 g/mol. The first-order valence-electron chi connectivity index (χ1n) is 6.63. The molecule has 0 fully saturated rings. The number of nitrogens with zero attached hydrogens (tertiary/aromatic N) is 1. The number of nitrogens with two attached hydrogens (primary N) is 1. The Bertz CT molecular complexity index is 501. The van der Waals surface area contributed by atoms with Crippen LogP contribution in [0.3, 0.4) is 0 Å². The maximum absolute atomic E-state index is 6.00. The van der Waals surface area contributed by atoms with E-state index in [0.29, 0.717) is 0 Å². The number of H-pyrrole nitrogens is 1. The van der Waals surface area contributed by atoms with Gasteiger partial charge in [0.1, 0.15) is 0 Å². The first kappa shape index (κ1) is 12.7. The lowest BCUT2D eigenvalue weighted by Gasteiger charge is -2.10. The molecule has 4 N–H and O–H groups in total. The highest BCUT2D eigenvalue weighted by molar-refractivity contribution is 5.88. The molecule has 2 aromatic rings. The maximum atomic E-state index is 6.00. The number of fused-ring (bicyclic) bond motifs is 1. The van der Waals surface area contributed by atoms with Crippen LogP contribution in [0.4, 0.5) is 11.4 Å². The molecule has 4 heteroatoms. The molecule has 4 nitrogen and oxygen atoms in total. The molecule has 18 heavy (non-hydrogen) atoms. The molecule has 0 amide bonds. The van der Waals surface area contributed by atoms with Gasteiger partial charge in [0.25, 0.3) is 0 Å². The van der Waals surface area contributed by atoms with Crippen LogP contribution in [-0.2, 0) is 0 Å². The summed E-state index contributed by atoms with van der Waals surface area (Å²) in [5.74, 6) is 0.788. The molecule has 1 heterocycles. The minimum atomic E-state index is 0.785. The summed E-state index contributed by atoms with van der Waals surface area (Å²) >= 11 is 0. The number of aromatic amines is 1. The first-order valence-corrected chi connectivity index (χ1v) is 6.63. The fourth-order valence-electron chi connectivity index (χ4n) is 2.06. The molecule has 0 saturated heterocycles. The van der Waals surface area contributed by atoms with Gasteiger partial charge in [-0.3, -0.25) is 5.10 Å². The molecule has 0 aliphatic rings. The van der Waals surface area contributed by atoms with E-state index >= 15 is 0 Å². The SMILES string of the molecule is CC(C)CCCCNc1cc2[nH]ncc2cc1N. The zero-order valence-electron chi connectivity index (χ0n) is 11.2. The Labute approximate surface area is 108 Å². The van der Waals surface area contributed by atoms with Gasteiger partial charge in [0.05, 0.1) is 23.1 Å². The summed E-state index contributed by atoms with van der Waals surface area (Å²) < 4.78 is 0. The molecule has 0 aliphatic heterocycles. The van der Waals surface area contributed by atoms with E-state index in [-0.39, 0.29) is 0 Å². The molecule has 0 bridgehead atoms. The van der Waals surface area contributed by atoms with Crippen LogP contribution in [0.25, 0.3) is 10.9 Å². The molecule has 98 valence electrons. The molecule has 0 radical (unpaired) electrons. The average Bonchev–Trinajstić information content (AvgIpc) is 2.75. The highest BCUT2D eigenvalue weighted by Gasteiger charge is 2.03. The fraction of sp³-hybridized carbons (Fsp3) is 0.500. The van der Waals surface area contributed by atoms with E-state index < -0.39 is 0 Å². The number of aromatic nitrogens is 2. The van der Waals surface area contributed by atoms with Gasteiger partial charge < -0.3 is 11.1 Å². The highest BCUT2D eigenvalue weighted by atomic mass is 15.1. The number of hydrogen-bond acceptors (Lipinski definition) is 3. The van der Waals surface area contributed by atoms with Gasteiger partial charge in [0, 0.05) is 11.9 Å². The summed E-state index contributed by atoms with van der Waals surface area (Å²) in [6.07, 6.45) is 5.52. The quantitative estimate of drug-likeness (QED) is 0.540. The van der Waals surface area contributed by atoms with Crippen LogP contribution in [0.2, 0.25) is 0 Å². The molecule has 0 aliphatic carbocycles. The van der Waals surface area contributed by atoms with Crippen LogP contribution in [0.5, 0.6) is 0 Å². The zero-order valence-corrected chi connectivity index (χ0v) is 11.2. The van der Waals surface area contributed by atoms with Crippen molar-refractivity contribution in [1.29, 1.82) is 0 Å². The number of hydrogen-bond donors (Lipinski definition) is 3. The van der Waals surface area contributed by atoms with Crippen molar-refractivity contribution in [2.45, 2.75) is 33.1 Å². The number of rotatable bonds is 6. The lowest BCUT2D eigenvalue weighted by molar-refractivity contribution is 0.545. The van der Waals surface area contributed by atoms with Crippen LogP contribution in [-0.4, -0.2) is 16.7 Å². The fourth-order valence-corrected chi connectivity index (χ4v) is 2.06. The van der Waals surface area contributed by atoms with Gasteiger partial charge in [-0.15, -0.1) is 0 Å². The predicted octanol–water partition coefficient (Wildman–Crippen LogP) is 3.38. The van der Waals surface area contributed by atoms with Crippen molar-refractivity contribution in [2.75, 3.05) is 17.6 Å². The first-order chi connectivity index (χ1) is 8.66. The Morgan fingerprint density at radius 1 is 1.33 bits per heavy atom. The Morgan fingerprint density at radius 3 is 2.94 bits per heavy atom. The summed E-state index contributed by atoms with van der Waals surface area (Å²) in [5, 5.41) is 11.4. The Hall–Kier alpha value is -1.71. The normalized spacial score (nSPS) is 11.3. The summed E-state index contributed by atoms with van der Waals surface area (Å²) in [5.41, 5.74) is 8.81. The van der Waals surface area contributed by atoms with Crippen LogP contribution < -0.4 is 11.1 Å². The lowest BCUT2D eigenvalue weighted by Crippen LogP contribution is -2.04. The molecule has 2 rings (SSSR count). The molecule has 0 spiro atoms. The van der Waals surface area contributed by atoms with Crippen LogP contribution in [0.1, 0.15) is 33.1 Å². The van der Waals surface area contributed by atoms with Crippen molar-refractivity contribution in [3.05, 3.63) is 18.3 Å². The molecule has 1 aromatic heterocycles. The van der Waals surface area contributed by atoms with Gasteiger partial charge >= 0.3 is 0 Å². The lowest BCUT2D eigenvalue weighted by atomic mass is 10.1. The van der Waals surface area contributed by atoms with Gasteiger partial charge in [-0.2, -0.15) is 5.10 Å². The number of nitrogens with one attached hydrogen (secondary N) is 2. The van der Waals surface area contributed by atoms with Gasteiger partial charge in [-0.05, 0) is 24.5 Å². The molecule has 1 aromatic carbocycles. The van der Waals surface area contributed by atoms with Crippen molar-refractivity contribution >= 4 is 22.3 Å². The van der Waals surface area contributed by atoms with E-state index in [0.717, 1.165) is 34.7 Å². The van der Waals surface area contributed by atoms with Crippen molar-refractivity contribution < 1.29 is 0 Å². The summed E-state index contributed by atoms with van der Waals surface area (Å²) in [7, 11) is 0. The molecule has 0 unspecified atom stereocenters. The third-order valence-corrected chi connectivity index (χ3v) is 3.13. The summed E-state index contributed by atoms with van der Waals surface area (Å²) in [6, 6.07) is 3.98. The smallest absolute Gasteiger partial charge is 0.0672 e. The van der Waals surface area contributed by atoms with Gasteiger partial charge in [-0.25, -0.2) is 0 Å². The van der Waals surface area contributed by atoms with Crippen LogP contribution in [0.15, 0.2) is 18.3 Å². The van der Waals surface area contributed by atoms with Crippen molar-refractivity contribution in [2.24, 2.45) is 5.92 Å². The van der Waals surface area contributed by atoms with E-state index in [1.54, 1.807) is 6.20 Å². The van der Waals surface area contributed by atoms with E-state index in [1.165, 1.54) is 19.3 Å². The largest absolute Gasteiger partial charge is 0.397 e. The van der Waals surface area contributed by atoms with Crippen LogP contribution >= 0.6 is 0 Å². The molecule has 0 saturated carbocycles. The second-order valence-electron chi connectivity index (χ2n) is 5.21. The van der Waals surface area contributed by atoms with Crippen molar-refractivity contribution in [3.63, 3.8) is 0 Å². The van der Waals surface area contributed by atoms with Crippen molar-refractivity contribution in [1.82, 2.24) is 10.2 Å². The number of nitrogen functional groups attached to an aromatic ring is 1. The second kappa shape index (κ2) is 5.76. The number of benzene rings is 1. The van der Waals surface area contributed by atoms with E-state index in [2.05, 4.69) is 29.4 Å². The minimum absolute atomic E-state index is 0.785. The molecule has 0 atom stereocenters. The third kappa shape index (κ3) is 3.15. The second-order valence-corrected chi connectivity index (χ2v) is 5.21. The molecular formula is C14H22N4. The van der Waals surface area contributed by atoms with Gasteiger partial charge in [-0.1, -0.05) is 26.7 Å². The summed E-state index contributed by atoms with van der Waals surface area (Å²) in [6.45, 7) is 5.49. The zero-order chi connectivity index (χ0) is 13.0. The monoisotopic (exact) mass is 246 g/mol. The maximum Gasteiger partial charge on any atom is 0.0672 e. The van der Waals surface area contributed by atoms with Crippen LogP contribution in [0, 0.1) is 5.92 Å². The van der Waals surface area contributed by atoms with E-state index in [1.807, 2.05) is 12.1 Å². The topological polar surface area (TPSA) is 66.7 Å². The van der Waals surface area contributed by atoms with Gasteiger partial charge in [0.2, 0.25) is 0 Å². The Morgan fingerprint density at radius 2 is 2.17 bits per heavy atom. The van der Waals surface area contributed by atoms with E-state index in [4.69, 9.17) is 5.73 Å².